The number of alkyl halides is 3. The maximum absolute atomic E-state index is 13.0. The molecule has 30 heavy (non-hydrogen) atoms. The third-order valence-electron chi connectivity index (χ3n) is 4.53. The highest BCUT2D eigenvalue weighted by atomic mass is 32.1. The molecule has 0 fully saturated rings. The van der Waals surface area contributed by atoms with Crippen molar-refractivity contribution in [2.75, 3.05) is 6.61 Å². The lowest BCUT2D eigenvalue weighted by Gasteiger charge is -2.29. The van der Waals surface area contributed by atoms with Gasteiger partial charge < -0.3 is 19.8 Å². The molecule has 160 valence electrons. The molecular formula is C21H21F3N2O3S. The van der Waals surface area contributed by atoms with Crippen molar-refractivity contribution < 1.29 is 27.1 Å². The van der Waals surface area contributed by atoms with Gasteiger partial charge in [0.05, 0.1) is 17.7 Å². The average Bonchev–Trinajstić information content (AvgIpc) is 3.17. The molecule has 1 aromatic carbocycles. The summed E-state index contributed by atoms with van der Waals surface area (Å²) in [5.74, 6) is 0.0935. The normalized spacial score (nSPS) is 16.8. The molecule has 0 amide bonds. The van der Waals surface area contributed by atoms with E-state index in [9.17, 15) is 18.0 Å². The number of furan rings is 1. The molecule has 3 rings (SSSR count). The van der Waals surface area contributed by atoms with Gasteiger partial charge in [-0.05, 0) is 49.8 Å². The summed E-state index contributed by atoms with van der Waals surface area (Å²) in [6.45, 7) is 3.88. The van der Waals surface area contributed by atoms with E-state index in [1.54, 1.807) is 19.1 Å². The Morgan fingerprint density at radius 3 is 2.67 bits per heavy atom. The molecule has 1 aliphatic heterocycles. The van der Waals surface area contributed by atoms with Crippen LogP contribution in [0.3, 0.4) is 0 Å². The van der Waals surface area contributed by atoms with E-state index < -0.39 is 23.8 Å². The van der Waals surface area contributed by atoms with Crippen LogP contribution in [0.4, 0.5) is 13.2 Å². The zero-order chi connectivity index (χ0) is 21.9. The fraction of sp³-hybridized carbons (Fsp3) is 0.333. The number of rotatable bonds is 6. The molecule has 1 aromatic heterocycles. The zero-order valence-electron chi connectivity index (χ0n) is 16.4. The summed E-state index contributed by atoms with van der Waals surface area (Å²) in [6, 6.07) is 7.35. The monoisotopic (exact) mass is 438 g/mol. The molecule has 0 radical (unpaired) electrons. The number of thiocarbonyl (C=S) groups is 1. The third-order valence-corrected chi connectivity index (χ3v) is 4.75. The first-order chi connectivity index (χ1) is 14.2. The quantitative estimate of drug-likeness (QED) is 0.483. The molecule has 0 spiro atoms. The fourth-order valence-electron chi connectivity index (χ4n) is 3.24. The van der Waals surface area contributed by atoms with Crippen molar-refractivity contribution in [3.05, 3.63) is 59.0 Å². The van der Waals surface area contributed by atoms with Gasteiger partial charge in [0.15, 0.2) is 5.11 Å². The first-order valence-corrected chi connectivity index (χ1v) is 9.90. The van der Waals surface area contributed by atoms with E-state index >= 15 is 0 Å². The SMILES string of the molecule is CCCC1=C(C(=O)OCC)[C@@H](c2ccc(-c3cccc(C(F)(F)F)c3)o2)NC(=S)N1. The van der Waals surface area contributed by atoms with Crippen molar-refractivity contribution in [2.24, 2.45) is 0 Å². The average molecular weight is 438 g/mol. The number of esters is 1. The molecule has 9 heteroatoms. The molecule has 1 aliphatic rings. The number of hydrogen-bond acceptors (Lipinski definition) is 4. The van der Waals surface area contributed by atoms with E-state index in [-0.39, 0.29) is 17.9 Å². The Kier molecular flexibility index (Phi) is 6.50. The lowest BCUT2D eigenvalue weighted by molar-refractivity contribution is -0.139. The molecule has 0 unspecified atom stereocenters. The predicted molar refractivity (Wildman–Crippen MR) is 109 cm³/mol. The standard InChI is InChI=1S/C21H21F3N2O3S/c1-3-6-14-17(19(27)28-4-2)18(26-20(30)25-14)16-10-9-15(29-16)12-7-5-8-13(11-12)21(22,23)24/h5,7-11,18H,3-4,6H2,1-2H3,(H2,25,26,30)/t18-/m1/s1. The van der Waals surface area contributed by atoms with Crippen LogP contribution in [0.15, 0.2) is 52.1 Å². The van der Waals surface area contributed by atoms with Gasteiger partial charge in [0.25, 0.3) is 0 Å². The molecule has 2 N–H and O–H groups in total. The molecule has 0 bridgehead atoms. The van der Waals surface area contributed by atoms with E-state index in [2.05, 4.69) is 10.6 Å². The van der Waals surface area contributed by atoms with Crippen LogP contribution in [0.25, 0.3) is 11.3 Å². The van der Waals surface area contributed by atoms with Gasteiger partial charge in [-0.3, -0.25) is 0 Å². The van der Waals surface area contributed by atoms with Gasteiger partial charge in [0, 0.05) is 11.3 Å². The largest absolute Gasteiger partial charge is 0.463 e. The number of ether oxygens (including phenoxy) is 1. The van der Waals surface area contributed by atoms with Crippen LogP contribution in [0, 0.1) is 0 Å². The van der Waals surface area contributed by atoms with Crippen LogP contribution in [-0.2, 0) is 15.7 Å². The third kappa shape index (κ3) is 4.67. The molecule has 0 aliphatic carbocycles. The van der Waals surface area contributed by atoms with Crippen LogP contribution in [0.1, 0.15) is 44.1 Å². The van der Waals surface area contributed by atoms with E-state index in [0.717, 1.165) is 18.6 Å². The molecule has 5 nitrogen and oxygen atoms in total. The Bertz CT molecular complexity index is 982. The van der Waals surface area contributed by atoms with Crippen molar-refractivity contribution in [3.8, 4) is 11.3 Å². The topological polar surface area (TPSA) is 63.5 Å². The number of carbonyl (C=O) groups excluding carboxylic acids is 1. The number of allylic oxidation sites excluding steroid dienone is 1. The number of benzene rings is 1. The maximum Gasteiger partial charge on any atom is 0.416 e. The predicted octanol–water partition coefficient (Wildman–Crippen LogP) is 5.10. The van der Waals surface area contributed by atoms with Crippen molar-refractivity contribution in [1.82, 2.24) is 10.6 Å². The Morgan fingerprint density at radius 2 is 2.00 bits per heavy atom. The summed E-state index contributed by atoms with van der Waals surface area (Å²) < 4.78 is 50.1. The van der Waals surface area contributed by atoms with Crippen molar-refractivity contribution in [1.29, 1.82) is 0 Å². The van der Waals surface area contributed by atoms with E-state index in [1.807, 2.05) is 6.92 Å². The summed E-state index contributed by atoms with van der Waals surface area (Å²) >= 11 is 5.26. The Labute approximate surface area is 177 Å². The van der Waals surface area contributed by atoms with Crippen molar-refractivity contribution in [2.45, 2.75) is 38.9 Å². The highest BCUT2D eigenvalue weighted by Crippen LogP contribution is 2.35. The van der Waals surface area contributed by atoms with E-state index in [0.29, 0.717) is 28.6 Å². The highest BCUT2D eigenvalue weighted by Gasteiger charge is 2.34. The van der Waals surface area contributed by atoms with Gasteiger partial charge in [-0.25, -0.2) is 4.79 Å². The minimum atomic E-state index is -4.46. The first-order valence-electron chi connectivity index (χ1n) is 9.49. The molecule has 2 aromatic rings. The van der Waals surface area contributed by atoms with Crippen LogP contribution >= 0.6 is 12.2 Å². The Morgan fingerprint density at radius 1 is 1.23 bits per heavy atom. The minimum absolute atomic E-state index is 0.201. The van der Waals surface area contributed by atoms with Gasteiger partial charge in [0.1, 0.15) is 17.6 Å². The Balaban J connectivity index is 2.00. The molecule has 2 heterocycles. The summed E-state index contributed by atoms with van der Waals surface area (Å²) in [5, 5.41) is 6.33. The van der Waals surface area contributed by atoms with Gasteiger partial charge in [-0.2, -0.15) is 13.2 Å². The first kappa shape index (κ1) is 21.9. The lowest BCUT2D eigenvalue weighted by atomic mass is 9.98. The van der Waals surface area contributed by atoms with E-state index in [4.69, 9.17) is 21.4 Å². The molecule has 0 saturated carbocycles. The molecule has 1 atom stereocenters. The second-order valence-electron chi connectivity index (χ2n) is 6.67. The van der Waals surface area contributed by atoms with E-state index in [1.165, 1.54) is 12.1 Å². The molecule has 0 saturated heterocycles. The number of hydrogen-bond donors (Lipinski definition) is 2. The lowest BCUT2D eigenvalue weighted by Crippen LogP contribution is -2.45. The smallest absolute Gasteiger partial charge is 0.416 e. The fourth-order valence-corrected chi connectivity index (χ4v) is 3.48. The van der Waals surface area contributed by atoms with Gasteiger partial charge in [-0.1, -0.05) is 25.5 Å². The summed E-state index contributed by atoms with van der Waals surface area (Å²) in [6.07, 6.45) is -3.11. The maximum atomic E-state index is 13.0. The zero-order valence-corrected chi connectivity index (χ0v) is 17.2. The number of halogens is 3. The van der Waals surface area contributed by atoms with Crippen LogP contribution in [-0.4, -0.2) is 17.7 Å². The van der Waals surface area contributed by atoms with Crippen LogP contribution in [0.5, 0.6) is 0 Å². The van der Waals surface area contributed by atoms with Crippen molar-refractivity contribution >= 4 is 23.3 Å². The number of nitrogens with one attached hydrogen (secondary N) is 2. The Hall–Kier alpha value is -2.81. The summed E-state index contributed by atoms with van der Waals surface area (Å²) in [5.41, 5.74) is 0.499. The minimum Gasteiger partial charge on any atom is -0.463 e. The van der Waals surface area contributed by atoms with Crippen LogP contribution < -0.4 is 10.6 Å². The van der Waals surface area contributed by atoms with Gasteiger partial charge >= 0.3 is 12.1 Å². The molecular weight excluding hydrogens is 417 g/mol. The highest BCUT2D eigenvalue weighted by molar-refractivity contribution is 7.80. The second-order valence-corrected chi connectivity index (χ2v) is 7.08. The van der Waals surface area contributed by atoms with Crippen LogP contribution in [0.2, 0.25) is 0 Å². The summed E-state index contributed by atoms with van der Waals surface area (Å²) in [4.78, 5) is 12.6. The second kappa shape index (κ2) is 8.91. The number of carbonyl (C=O) groups is 1. The summed E-state index contributed by atoms with van der Waals surface area (Å²) in [7, 11) is 0. The van der Waals surface area contributed by atoms with Gasteiger partial charge in [-0.15, -0.1) is 0 Å². The van der Waals surface area contributed by atoms with Crippen molar-refractivity contribution in [3.63, 3.8) is 0 Å². The van der Waals surface area contributed by atoms with Gasteiger partial charge in [0.2, 0.25) is 0 Å².